The monoisotopic (exact) mass is 354 g/mol. The summed E-state index contributed by atoms with van der Waals surface area (Å²) in [5.74, 6) is 0.734. The van der Waals surface area contributed by atoms with Gasteiger partial charge >= 0.3 is 0 Å². The van der Waals surface area contributed by atoms with Crippen molar-refractivity contribution in [2.75, 3.05) is 0 Å². The maximum atomic E-state index is 4.80. The molecule has 2 aromatic carbocycles. The molecule has 0 fully saturated rings. The Morgan fingerprint density at radius 3 is 2.19 bits per heavy atom. The Kier molecular flexibility index (Phi) is 4.32. The summed E-state index contributed by atoms with van der Waals surface area (Å²) in [6.07, 6.45) is 1.97. The number of hydrogen-bond donors (Lipinski definition) is 0. The van der Waals surface area contributed by atoms with Crippen LogP contribution in [0.1, 0.15) is 26.3 Å². The minimum Gasteiger partial charge on any atom is -0.283 e. The van der Waals surface area contributed by atoms with Crippen molar-refractivity contribution >= 4 is 17.2 Å². The fourth-order valence-corrected chi connectivity index (χ4v) is 3.00. The van der Waals surface area contributed by atoms with Gasteiger partial charge in [-0.15, -0.1) is 10.2 Å². The van der Waals surface area contributed by atoms with Crippen LogP contribution in [0.4, 0.5) is 11.5 Å². The summed E-state index contributed by atoms with van der Waals surface area (Å²) < 4.78 is 1.97. The smallest absolute Gasteiger partial charge is 0.187 e. The minimum absolute atomic E-state index is 0.118. The van der Waals surface area contributed by atoms with E-state index in [1.54, 1.807) is 0 Å². The Hall–Kier alpha value is -3.27. The number of benzene rings is 2. The van der Waals surface area contributed by atoms with E-state index in [-0.39, 0.29) is 5.41 Å². The van der Waals surface area contributed by atoms with Crippen LogP contribution >= 0.6 is 0 Å². The van der Waals surface area contributed by atoms with E-state index in [2.05, 4.69) is 55.3 Å². The van der Waals surface area contributed by atoms with Crippen molar-refractivity contribution in [2.24, 2.45) is 10.2 Å². The number of hydrogen-bond acceptors (Lipinski definition) is 3. The molecule has 0 radical (unpaired) electrons. The van der Waals surface area contributed by atoms with Crippen LogP contribution in [0.25, 0.3) is 16.9 Å². The highest BCUT2D eigenvalue weighted by molar-refractivity contribution is 5.74. The van der Waals surface area contributed by atoms with Gasteiger partial charge in [-0.1, -0.05) is 69.3 Å². The molecule has 0 aliphatic heterocycles. The second-order valence-corrected chi connectivity index (χ2v) is 7.58. The van der Waals surface area contributed by atoms with Crippen LogP contribution in [0.5, 0.6) is 0 Å². The summed E-state index contributed by atoms with van der Waals surface area (Å²) in [6.45, 7) is 6.64. The zero-order chi connectivity index (χ0) is 18.9. The van der Waals surface area contributed by atoms with Crippen LogP contribution in [0.3, 0.4) is 0 Å². The lowest BCUT2D eigenvalue weighted by molar-refractivity contribution is 0.590. The van der Waals surface area contributed by atoms with E-state index in [0.29, 0.717) is 0 Å². The molecule has 4 nitrogen and oxygen atoms in total. The number of nitrogens with zero attached hydrogens (tertiary/aromatic N) is 4. The predicted molar refractivity (Wildman–Crippen MR) is 110 cm³/mol. The Morgan fingerprint density at radius 2 is 1.48 bits per heavy atom. The van der Waals surface area contributed by atoms with E-state index in [1.165, 1.54) is 5.56 Å². The van der Waals surface area contributed by atoms with E-state index in [4.69, 9.17) is 4.98 Å². The highest BCUT2D eigenvalue weighted by atomic mass is 15.2. The Labute approximate surface area is 159 Å². The zero-order valence-electron chi connectivity index (χ0n) is 15.8. The van der Waals surface area contributed by atoms with Gasteiger partial charge in [0.25, 0.3) is 0 Å². The van der Waals surface area contributed by atoms with E-state index in [0.717, 1.165) is 28.4 Å². The average molecular weight is 354 g/mol. The first-order valence-electron chi connectivity index (χ1n) is 9.07. The molecule has 0 bridgehead atoms. The number of fused-ring (bicyclic) bond motifs is 1. The van der Waals surface area contributed by atoms with Crippen LogP contribution in [0.15, 0.2) is 89.2 Å². The largest absolute Gasteiger partial charge is 0.283 e. The maximum Gasteiger partial charge on any atom is 0.187 e. The standard InChI is InChI=1S/C23H22N4/c1-23(2,3)18-14-12-17(13-15-18)21-22(26-25-19-9-5-4-6-10-19)27-16-8-7-11-20(27)24-21/h4-16H,1-3H3. The van der Waals surface area contributed by atoms with Gasteiger partial charge in [-0.25, -0.2) is 4.98 Å². The minimum atomic E-state index is 0.118. The van der Waals surface area contributed by atoms with Gasteiger partial charge in [0.1, 0.15) is 11.3 Å². The molecule has 0 saturated heterocycles. The molecule has 2 aromatic heterocycles. The molecular weight excluding hydrogens is 332 g/mol. The molecule has 0 spiro atoms. The van der Waals surface area contributed by atoms with Gasteiger partial charge in [0.15, 0.2) is 5.82 Å². The van der Waals surface area contributed by atoms with Crippen molar-refractivity contribution in [3.63, 3.8) is 0 Å². The molecule has 0 saturated carbocycles. The average Bonchev–Trinajstić information content (AvgIpc) is 3.05. The normalized spacial score (nSPS) is 12.1. The van der Waals surface area contributed by atoms with Gasteiger partial charge in [-0.3, -0.25) is 4.40 Å². The first kappa shape index (κ1) is 17.2. The van der Waals surface area contributed by atoms with Gasteiger partial charge in [-0.2, -0.15) is 0 Å². The lowest BCUT2D eigenvalue weighted by Crippen LogP contribution is -2.10. The molecule has 0 aliphatic rings. The summed E-state index contributed by atoms with van der Waals surface area (Å²) in [5.41, 5.74) is 4.96. The molecule has 4 heteroatoms. The SMILES string of the molecule is CC(C)(C)c1ccc(-c2nc3ccccn3c2N=Nc2ccccc2)cc1. The topological polar surface area (TPSA) is 42.0 Å². The first-order valence-corrected chi connectivity index (χ1v) is 9.07. The van der Waals surface area contributed by atoms with E-state index in [1.807, 2.05) is 59.1 Å². The van der Waals surface area contributed by atoms with Gasteiger partial charge in [0, 0.05) is 11.8 Å². The van der Waals surface area contributed by atoms with E-state index >= 15 is 0 Å². The third-order valence-electron chi connectivity index (χ3n) is 4.55. The fraction of sp³-hybridized carbons (Fsp3) is 0.174. The number of aromatic nitrogens is 2. The Morgan fingerprint density at radius 1 is 0.778 bits per heavy atom. The highest BCUT2D eigenvalue weighted by Gasteiger charge is 2.16. The van der Waals surface area contributed by atoms with Gasteiger partial charge < -0.3 is 0 Å². The Balaban J connectivity index is 1.82. The van der Waals surface area contributed by atoms with Crippen molar-refractivity contribution in [3.8, 4) is 11.3 Å². The summed E-state index contributed by atoms with van der Waals surface area (Å²) in [7, 11) is 0. The summed E-state index contributed by atoms with van der Waals surface area (Å²) in [5, 5.41) is 8.94. The Bertz CT molecular complexity index is 1080. The van der Waals surface area contributed by atoms with Crippen molar-refractivity contribution in [1.29, 1.82) is 0 Å². The number of imidazole rings is 1. The maximum absolute atomic E-state index is 4.80. The van der Waals surface area contributed by atoms with Gasteiger partial charge in [0.05, 0.1) is 5.69 Å². The molecule has 134 valence electrons. The second-order valence-electron chi connectivity index (χ2n) is 7.58. The van der Waals surface area contributed by atoms with Gasteiger partial charge in [-0.05, 0) is 35.2 Å². The van der Waals surface area contributed by atoms with Crippen molar-refractivity contribution in [3.05, 3.63) is 84.6 Å². The first-order chi connectivity index (χ1) is 13.0. The molecule has 2 heterocycles. The molecule has 0 N–H and O–H groups in total. The van der Waals surface area contributed by atoms with Crippen LogP contribution in [-0.2, 0) is 5.41 Å². The van der Waals surface area contributed by atoms with Crippen molar-refractivity contribution < 1.29 is 0 Å². The summed E-state index contributed by atoms with van der Waals surface area (Å²) in [4.78, 5) is 4.80. The quantitative estimate of drug-likeness (QED) is 0.377. The number of rotatable bonds is 3. The van der Waals surface area contributed by atoms with Crippen LogP contribution in [0, 0.1) is 0 Å². The third-order valence-corrected chi connectivity index (χ3v) is 4.55. The molecule has 0 amide bonds. The molecule has 0 unspecified atom stereocenters. The molecule has 0 aliphatic carbocycles. The molecule has 4 rings (SSSR count). The fourth-order valence-electron chi connectivity index (χ4n) is 3.00. The summed E-state index contributed by atoms with van der Waals surface area (Å²) >= 11 is 0. The van der Waals surface area contributed by atoms with Gasteiger partial charge in [0.2, 0.25) is 0 Å². The van der Waals surface area contributed by atoms with Crippen molar-refractivity contribution in [2.45, 2.75) is 26.2 Å². The lowest BCUT2D eigenvalue weighted by Gasteiger charge is -2.18. The lowest BCUT2D eigenvalue weighted by atomic mass is 9.86. The zero-order valence-corrected chi connectivity index (χ0v) is 15.8. The van der Waals surface area contributed by atoms with E-state index in [9.17, 15) is 0 Å². The second kappa shape index (κ2) is 6.80. The van der Waals surface area contributed by atoms with Crippen molar-refractivity contribution in [1.82, 2.24) is 9.38 Å². The van der Waals surface area contributed by atoms with Crippen LogP contribution in [0.2, 0.25) is 0 Å². The predicted octanol–water partition coefficient (Wildman–Crippen LogP) is 6.71. The molecular formula is C23H22N4. The highest BCUT2D eigenvalue weighted by Crippen LogP contribution is 2.33. The third kappa shape index (κ3) is 3.51. The molecule has 0 atom stereocenters. The number of azo groups is 1. The number of pyridine rings is 1. The summed E-state index contributed by atoms with van der Waals surface area (Å²) in [6, 6.07) is 24.2. The van der Waals surface area contributed by atoms with Crippen LogP contribution < -0.4 is 0 Å². The molecule has 27 heavy (non-hydrogen) atoms. The van der Waals surface area contributed by atoms with E-state index < -0.39 is 0 Å². The molecule has 4 aromatic rings. The van der Waals surface area contributed by atoms with Crippen LogP contribution in [-0.4, -0.2) is 9.38 Å².